The molecule has 2 fully saturated rings. The first-order chi connectivity index (χ1) is 24.4. The highest BCUT2D eigenvalue weighted by atomic mass is 31.2. The second kappa shape index (κ2) is 20.1. The van der Waals surface area contributed by atoms with E-state index < -0.39 is 17.2 Å². The minimum absolute atomic E-state index is 0.353. The molecule has 8 heteroatoms. The van der Waals surface area contributed by atoms with Crippen LogP contribution in [0, 0.1) is 5.41 Å². The van der Waals surface area contributed by atoms with Gasteiger partial charge in [-0.05, 0) is 119 Å². The maximum atomic E-state index is 6.44. The Balaban J connectivity index is 1.38. The van der Waals surface area contributed by atoms with Crippen molar-refractivity contribution in [2.24, 2.45) is 5.41 Å². The highest BCUT2D eigenvalue weighted by Crippen LogP contribution is 2.54. The Morgan fingerprint density at radius 3 is 0.961 bits per heavy atom. The first-order valence-corrected chi connectivity index (χ1v) is 22.3. The summed E-state index contributed by atoms with van der Waals surface area (Å²) in [6, 6.07) is 9.75. The zero-order valence-electron chi connectivity index (χ0n) is 34.1. The van der Waals surface area contributed by atoms with Crippen LogP contribution in [-0.2, 0) is 40.4 Å². The molecule has 6 nitrogen and oxygen atoms in total. The van der Waals surface area contributed by atoms with E-state index in [-0.39, 0.29) is 5.41 Å². The molecule has 0 bridgehead atoms. The molecule has 1 spiro atoms. The van der Waals surface area contributed by atoms with Gasteiger partial charge in [0.1, 0.15) is 0 Å². The van der Waals surface area contributed by atoms with Crippen LogP contribution < -0.4 is 0 Å². The Morgan fingerprint density at radius 2 is 0.725 bits per heavy atom. The Labute approximate surface area is 314 Å². The van der Waals surface area contributed by atoms with Gasteiger partial charge in [0, 0.05) is 0 Å². The molecule has 0 radical (unpaired) electrons. The topological polar surface area (TPSA) is 55.4 Å². The molecule has 2 aliphatic heterocycles. The first kappa shape index (κ1) is 42.8. The monoisotopic (exact) mass is 744 g/mol. The second-order valence-electron chi connectivity index (χ2n) is 15.8. The Bertz CT molecular complexity index is 1200. The Morgan fingerprint density at radius 1 is 0.471 bits per heavy atom. The lowest BCUT2D eigenvalue weighted by Gasteiger charge is -2.41. The second-order valence-corrected chi connectivity index (χ2v) is 18.2. The van der Waals surface area contributed by atoms with Gasteiger partial charge in [-0.1, -0.05) is 107 Å². The van der Waals surface area contributed by atoms with Crippen molar-refractivity contribution in [3.8, 4) is 0 Å². The Hall–Kier alpha value is -0.940. The van der Waals surface area contributed by atoms with Crippen LogP contribution in [0.25, 0.3) is 0 Å². The van der Waals surface area contributed by atoms with Gasteiger partial charge in [-0.3, -0.25) is 0 Å². The molecule has 6 unspecified atom stereocenters. The summed E-state index contributed by atoms with van der Waals surface area (Å²) in [4.78, 5) is 0. The summed E-state index contributed by atoms with van der Waals surface area (Å²) in [6.45, 7) is 30.6. The van der Waals surface area contributed by atoms with Crippen LogP contribution in [0.1, 0.15) is 202 Å². The molecule has 0 amide bonds. The first-order valence-electron chi connectivity index (χ1n) is 20.1. The van der Waals surface area contributed by atoms with Gasteiger partial charge in [-0.2, -0.15) is 0 Å². The zero-order chi connectivity index (χ0) is 37.3. The highest BCUT2D eigenvalue weighted by molar-refractivity contribution is 7.42. The normalized spacial score (nSPS) is 24.6. The van der Waals surface area contributed by atoms with Gasteiger partial charge in [-0.25, -0.2) is 0 Å². The molecular weight excluding hydrogens is 674 g/mol. The molecule has 0 saturated carbocycles. The summed E-state index contributed by atoms with van der Waals surface area (Å²) < 4.78 is 37.9. The van der Waals surface area contributed by atoms with Crippen LogP contribution >= 0.6 is 17.2 Å². The van der Waals surface area contributed by atoms with Crippen LogP contribution in [0.2, 0.25) is 0 Å². The maximum absolute atomic E-state index is 6.44. The van der Waals surface area contributed by atoms with Crippen molar-refractivity contribution in [2.45, 2.75) is 170 Å². The van der Waals surface area contributed by atoms with E-state index in [1.165, 1.54) is 44.5 Å². The summed E-state index contributed by atoms with van der Waals surface area (Å²) in [5.74, 6) is 2.91. The summed E-state index contributed by atoms with van der Waals surface area (Å²) >= 11 is 0. The number of rotatable bonds is 18. The van der Waals surface area contributed by atoms with E-state index in [0.29, 0.717) is 75.1 Å². The number of hydrogen-bond acceptors (Lipinski definition) is 6. The van der Waals surface area contributed by atoms with Crippen LogP contribution in [0.5, 0.6) is 0 Å². The van der Waals surface area contributed by atoms with Crippen molar-refractivity contribution in [2.75, 3.05) is 26.4 Å². The van der Waals surface area contributed by atoms with Gasteiger partial charge in [0.25, 0.3) is 0 Å². The minimum Gasteiger partial charge on any atom is -0.311 e. The lowest BCUT2D eigenvalue weighted by molar-refractivity contribution is -0.0772. The van der Waals surface area contributed by atoms with E-state index in [9.17, 15) is 0 Å². The largest absolute Gasteiger partial charge is 0.333 e. The van der Waals surface area contributed by atoms with E-state index in [2.05, 4.69) is 107 Å². The molecule has 2 saturated heterocycles. The number of hydrogen-bond donors (Lipinski definition) is 0. The minimum atomic E-state index is -1.46. The lowest BCUT2D eigenvalue weighted by atomic mass is 9.82. The van der Waals surface area contributed by atoms with E-state index >= 15 is 0 Å². The molecular formula is C43H70O6P2. The van der Waals surface area contributed by atoms with Crippen LogP contribution in [0.3, 0.4) is 0 Å². The average molecular weight is 745 g/mol. The summed E-state index contributed by atoms with van der Waals surface area (Å²) in [5.41, 5.74) is 10.8. The molecule has 0 aromatic heterocycles. The SMILES string of the molecule is CCC(C)c1cc(C(C)CC)c(COP2OCC3(CO2)COP(OCc2c(C(C)CC)cc(C(C)CC)cc2C(C)CC)OC3)c(C(C)CC)c1. The highest BCUT2D eigenvalue weighted by Gasteiger charge is 2.44. The van der Waals surface area contributed by atoms with Gasteiger partial charge < -0.3 is 27.1 Å². The van der Waals surface area contributed by atoms with Gasteiger partial charge in [0.2, 0.25) is 0 Å². The van der Waals surface area contributed by atoms with E-state index in [1.807, 2.05) is 0 Å². The smallest absolute Gasteiger partial charge is 0.311 e. The van der Waals surface area contributed by atoms with Crippen molar-refractivity contribution < 1.29 is 27.1 Å². The van der Waals surface area contributed by atoms with Crippen molar-refractivity contribution in [3.05, 3.63) is 68.8 Å². The molecule has 6 atom stereocenters. The Kier molecular flexibility index (Phi) is 16.9. The predicted octanol–water partition coefficient (Wildman–Crippen LogP) is 14.0. The molecule has 0 N–H and O–H groups in total. The molecule has 2 heterocycles. The van der Waals surface area contributed by atoms with Gasteiger partial charge in [0.15, 0.2) is 0 Å². The number of benzene rings is 2. The van der Waals surface area contributed by atoms with E-state index in [1.54, 1.807) is 0 Å². The molecule has 0 aliphatic carbocycles. The molecule has 4 rings (SSSR count). The van der Waals surface area contributed by atoms with Crippen molar-refractivity contribution in [1.29, 1.82) is 0 Å². The average Bonchev–Trinajstić information content (AvgIpc) is 3.17. The summed E-state index contributed by atoms with van der Waals surface area (Å²) in [6.07, 6.45) is 6.64. The molecule has 2 aliphatic rings. The fourth-order valence-corrected chi connectivity index (χ4v) is 9.40. The van der Waals surface area contributed by atoms with Crippen molar-refractivity contribution >= 4 is 17.2 Å². The van der Waals surface area contributed by atoms with Gasteiger partial charge >= 0.3 is 17.2 Å². The molecule has 2 aromatic carbocycles. The summed E-state index contributed by atoms with van der Waals surface area (Å²) in [7, 11) is -2.92. The van der Waals surface area contributed by atoms with Crippen LogP contribution in [0.15, 0.2) is 24.3 Å². The van der Waals surface area contributed by atoms with Crippen molar-refractivity contribution in [3.63, 3.8) is 0 Å². The van der Waals surface area contributed by atoms with Crippen LogP contribution in [-0.4, -0.2) is 26.4 Å². The lowest BCUT2D eigenvalue weighted by Crippen LogP contribution is -2.44. The van der Waals surface area contributed by atoms with Crippen LogP contribution in [0.4, 0.5) is 0 Å². The third kappa shape index (κ3) is 10.6. The van der Waals surface area contributed by atoms with Crippen molar-refractivity contribution in [1.82, 2.24) is 0 Å². The predicted molar refractivity (Wildman–Crippen MR) is 215 cm³/mol. The van der Waals surface area contributed by atoms with E-state index in [0.717, 1.165) is 38.5 Å². The van der Waals surface area contributed by atoms with Gasteiger partial charge in [0.05, 0.1) is 45.1 Å². The molecule has 288 valence electrons. The third-order valence-corrected chi connectivity index (χ3v) is 14.2. The van der Waals surface area contributed by atoms with E-state index in [4.69, 9.17) is 27.1 Å². The molecule has 51 heavy (non-hydrogen) atoms. The summed E-state index contributed by atoms with van der Waals surface area (Å²) in [5, 5.41) is 0. The quantitative estimate of drug-likeness (QED) is 0.142. The fraction of sp³-hybridized carbons (Fsp3) is 0.721. The molecule has 2 aromatic rings. The zero-order valence-corrected chi connectivity index (χ0v) is 35.9. The fourth-order valence-electron chi connectivity index (χ4n) is 6.96. The van der Waals surface area contributed by atoms with Gasteiger partial charge in [-0.15, -0.1) is 0 Å². The standard InChI is InChI=1S/C43H70O6P2/c1-13-29(7)35-19-37(31(9)15-3)41(38(20-35)32(10)16-4)23-44-50-46-25-43(26-47-50)27-48-51(49-28-43)45-24-42-39(33(11)17-5)21-36(30(8)14-2)22-40(42)34(12)18-6/h19-22,29-34H,13-18,23-28H2,1-12H3. The third-order valence-electron chi connectivity index (χ3n) is 12.2. The maximum Gasteiger partial charge on any atom is 0.333 e.